The van der Waals surface area contributed by atoms with E-state index >= 15 is 0 Å². The second kappa shape index (κ2) is 6.03. The van der Waals surface area contributed by atoms with Gasteiger partial charge in [0.25, 0.3) is 5.91 Å². The highest BCUT2D eigenvalue weighted by Crippen LogP contribution is 2.26. The summed E-state index contributed by atoms with van der Waals surface area (Å²) in [6, 6.07) is 12.1. The zero-order valence-corrected chi connectivity index (χ0v) is 11.8. The van der Waals surface area contributed by atoms with Crippen LogP contribution in [-0.4, -0.2) is 41.6 Å². The topological polar surface area (TPSA) is 80.0 Å². The Labute approximate surface area is 126 Å². The van der Waals surface area contributed by atoms with Gasteiger partial charge >= 0.3 is 5.97 Å². The first kappa shape index (κ1) is 14.3. The maximum Gasteiger partial charge on any atom is 0.371 e. The monoisotopic (exact) mass is 301 g/mol. The van der Waals surface area contributed by atoms with Crippen LogP contribution in [0.4, 0.5) is 0 Å². The molecule has 1 N–H and O–H groups in total. The fourth-order valence-electron chi connectivity index (χ4n) is 2.51. The van der Waals surface area contributed by atoms with Gasteiger partial charge in [-0.1, -0.05) is 30.3 Å². The Morgan fingerprint density at radius 3 is 2.50 bits per heavy atom. The summed E-state index contributed by atoms with van der Waals surface area (Å²) in [6.07, 6.45) is 0. The molecule has 0 saturated carbocycles. The van der Waals surface area contributed by atoms with Gasteiger partial charge in [0.05, 0.1) is 19.3 Å². The van der Waals surface area contributed by atoms with Crippen LogP contribution in [-0.2, 0) is 4.74 Å². The number of benzene rings is 1. The second-order valence-corrected chi connectivity index (χ2v) is 4.97. The number of carboxylic acid groups (broad SMARTS) is 1. The highest BCUT2D eigenvalue weighted by atomic mass is 16.5. The number of ether oxygens (including phenoxy) is 1. The molecule has 6 nitrogen and oxygen atoms in total. The minimum Gasteiger partial charge on any atom is -0.475 e. The van der Waals surface area contributed by atoms with Gasteiger partial charge in [-0.05, 0) is 17.7 Å². The second-order valence-electron chi connectivity index (χ2n) is 4.97. The molecule has 3 rings (SSSR count). The van der Waals surface area contributed by atoms with Crippen LogP contribution in [0.5, 0.6) is 0 Å². The fourth-order valence-corrected chi connectivity index (χ4v) is 2.51. The number of amides is 1. The molecular formula is C16H15NO5. The summed E-state index contributed by atoms with van der Waals surface area (Å²) in [5.41, 5.74) is 0.973. The van der Waals surface area contributed by atoms with Crippen LogP contribution in [0.3, 0.4) is 0 Å². The summed E-state index contributed by atoms with van der Waals surface area (Å²) < 4.78 is 10.6. The van der Waals surface area contributed by atoms with Crippen molar-refractivity contribution in [3.8, 4) is 0 Å². The van der Waals surface area contributed by atoms with Crippen molar-refractivity contribution in [2.45, 2.75) is 6.04 Å². The lowest BCUT2D eigenvalue weighted by molar-refractivity contribution is -0.00434. The fraction of sp³-hybridized carbons (Fsp3) is 0.250. The number of carbonyl (C=O) groups excluding carboxylic acids is 1. The van der Waals surface area contributed by atoms with Crippen LogP contribution < -0.4 is 0 Å². The van der Waals surface area contributed by atoms with Gasteiger partial charge in [-0.25, -0.2) is 4.79 Å². The predicted octanol–water partition coefficient (Wildman–Crippen LogP) is 2.19. The minimum atomic E-state index is -1.19. The minimum absolute atomic E-state index is 0.0280. The maximum absolute atomic E-state index is 12.6. The number of carbonyl (C=O) groups is 2. The average Bonchev–Trinajstić information content (AvgIpc) is 3.05. The van der Waals surface area contributed by atoms with Gasteiger partial charge < -0.3 is 19.2 Å². The molecule has 1 fully saturated rings. The zero-order valence-electron chi connectivity index (χ0n) is 11.8. The third-order valence-electron chi connectivity index (χ3n) is 3.60. The average molecular weight is 301 g/mol. The van der Waals surface area contributed by atoms with E-state index in [-0.39, 0.29) is 23.5 Å². The first-order chi connectivity index (χ1) is 10.7. The van der Waals surface area contributed by atoms with Gasteiger partial charge in [-0.3, -0.25) is 4.79 Å². The number of furan rings is 1. The van der Waals surface area contributed by atoms with Crippen LogP contribution in [0.15, 0.2) is 46.9 Å². The molecule has 114 valence electrons. The number of hydrogen-bond acceptors (Lipinski definition) is 4. The molecule has 0 aliphatic carbocycles. The molecule has 0 spiro atoms. The molecule has 2 aromatic rings. The Kier molecular flexibility index (Phi) is 3.93. The summed E-state index contributed by atoms with van der Waals surface area (Å²) in [6.45, 7) is 1.28. The molecule has 1 atom stereocenters. The Balaban J connectivity index is 1.86. The van der Waals surface area contributed by atoms with Crippen LogP contribution in [0.2, 0.25) is 0 Å². The molecule has 2 heterocycles. The lowest BCUT2D eigenvalue weighted by atomic mass is 10.0. The molecule has 1 saturated heterocycles. The number of hydrogen-bond donors (Lipinski definition) is 1. The lowest BCUT2D eigenvalue weighted by Gasteiger charge is -2.35. The lowest BCUT2D eigenvalue weighted by Crippen LogP contribution is -2.43. The highest BCUT2D eigenvalue weighted by molar-refractivity contribution is 5.93. The van der Waals surface area contributed by atoms with Crippen LogP contribution in [0.25, 0.3) is 0 Å². The van der Waals surface area contributed by atoms with E-state index in [4.69, 9.17) is 14.3 Å². The molecular weight excluding hydrogens is 286 g/mol. The third-order valence-corrected chi connectivity index (χ3v) is 3.60. The van der Waals surface area contributed by atoms with Crippen molar-refractivity contribution in [3.05, 3.63) is 59.5 Å². The Morgan fingerprint density at radius 2 is 1.82 bits per heavy atom. The van der Waals surface area contributed by atoms with Crippen molar-refractivity contribution in [3.63, 3.8) is 0 Å². The SMILES string of the molecule is O=C(O)c1ccc(C(=O)N2CCOC[C@H]2c2ccccc2)o1. The van der Waals surface area contributed by atoms with Gasteiger partial charge in [0.2, 0.25) is 5.76 Å². The van der Waals surface area contributed by atoms with E-state index in [9.17, 15) is 9.59 Å². The van der Waals surface area contributed by atoms with E-state index in [2.05, 4.69) is 0 Å². The molecule has 1 aromatic heterocycles. The van der Waals surface area contributed by atoms with Crippen molar-refractivity contribution in [1.82, 2.24) is 4.90 Å². The van der Waals surface area contributed by atoms with Gasteiger partial charge in [0, 0.05) is 6.54 Å². The van der Waals surface area contributed by atoms with E-state index in [1.165, 1.54) is 12.1 Å². The number of aromatic carboxylic acids is 1. The smallest absolute Gasteiger partial charge is 0.371 e. The van der Waals surface area contributed by atoms with E-state index in [0.717, 1.165) is 5.56 Å². The van der Waals surface area contributed by atoms with E-state index < -0.39 is 5.97 Å². The molecule has 0 unspecified atom stereocenters. The van der Waals surface area contributed by atoms with Crippen molar-refractivity contribution < 1.29 is 23.8 Å². The molecule has 1 aliphatic rings. The molecule has 1 aliphatic heterocycles. The number of nitrogens with zero attached hydrogens (tertiary/aromatic N) is 1. The van der Waals surface area contributed by atoms with Gasteiger partial charge in [-0.15, -0.1) is 0 Å². The molecule has 0 radical (unpaired) electrons. The summed E-state index contributed by atoms with van der Waals surface area (Å²) in [7, 11) is 0. The quantitative estimate of drug-likeness (QED) is 0.940. The summed E-state index contributed by atoms with van der Waals surface area (Å²) in [5.74, 6) is -1.74. The Hall–Kier alpha value is -2.60. The number of carboxylic acids is 1. The standard InChI is InChI=1S/C16H15NO5/c18-15(13-6-7-14(22-13)16(19)20)17-8-9-21-10-12(17)11-4-2-1-3-5-11/h1-7,12H,8-10H2,(H,19,20)/t12-/m0/s1. The van der Waals surface area contributed by atoms with E-state index in [1.807, 2.05) is 30.3 Å². The molecule has 22 heavy (non-hydrogen) atoms. The van der Waals surface area contributed by atoms with Crippen molar-refractivity contribution in [2.24, 2.45) is 0 Å². The van der Waals surface area contributed by atoms with Crippen molar-refractivity contribution in [1.29, 1.82) is 0 Å². The number of morpholine rings is 1. The van der Waals surface area contributed by atoms with Crippen LogP contribution in [0, 0.1) is 0 Å². The molecule has 1 amide bonds. The normalized spacial score (nSPS) is 18.2. The largest absolute Gasteiger partial charge is 0.475 e. The molecule has 0 bridgehead atoms. The van der Waals surface area contributed by atoms with Gasteiger partial charge in [-0.2, -0.15) is 0 Å². The van der Waals surface area contributed by atoms with Gasteiger partial charge in [0.1, 0.15) is 0 Å². The summed E-state index contributed by atoms with van der Waals surface area (Å²) >= 11 is 0. The Morgan fingerprint density at radius 1 is 1.09 bits per heavy atom. The van der Waals surface area contributed by atoms with E-state index in [1.54, 1.807) is 4.90 Å². The number of rotatable bonds is 3. The predicted molar refractivity (Wildman–Crippen MR) is 76.7 cm³/mol. The maximum atomic E-state index is 12.6. The molecule has 1 aromatic carbocycles. The van der Waals surface area contributed by atoms with Crippen molar-refractivity contribution in [2.75, 3.05) is 19.8 Å². The first-order valence-electron chi connectivity index (χ1n) is 6.93. The van der Waals surface area contributed by atoms with Gasteiger partial charge in [0.15, 0.2) is 5.76 Å². The highest BCUT2D eigenvalue weighted by Gasteiger charge is 2.31. The summed E-state index contributed by atoms with van der Waals surface area (Å²) in [5, 5.41) is 8.88. The third kappa shape index (κ3) is 2.73. The van der Waals surface area contributed by atoms with E-state index in [0.29, 0.717) is 19.8 Å². The first-order valence-corrected chi connectivity index (χ1v) is 6.93. The Bertz CT molecular complexity index is 679. The summed E-state index contributed by atoms with van der Waals surface area (Å²) in [4.78, 5) is 25.1. The van der Waals surface area contributed by atoms with Crippen LogP contribution >= 0.6 is 0 Å². The van der Waals surface area contributed by atoms with Crippen molar-refractivity contribution >= 4 is 11.9 Å². The van der Waals surface area contributed by atoms with Crippen LogP contribution in [0.1, 0.15) is 32.7 Å². The zero-order chi connectivity index (χ0) is 15.5. The molecule has 6 heteroatoms.